The molecule has 0 amide bonds. The number of carbonyl (C=O) groups excluding carboxylic acids is 2. The van der Waals surface area contributed by atoms with Crippen LogP contribution >= 0.6 is 38.5 Å². The third-order valence-corrected chi connectivity index (χ3v) is 12.1. The summed E-state index contributed by atoms with van der Waals surface area (Å²) < 4.78 is 14.9. The van der Waals surface area contributed by atoms with Crippen molar-refractivity contribution in [2.24, 2.45) is 7.05 Å². The van der Waals surface area contributed by atoms with Crippen molar-refractivity contribution in [2.75, 3.05) is 5.33 Å². The van der Waals surface area contributed by atoms with E-state index in [0.29, 0.717) is 0 Å². The Morgan fingerprint density at radius 1 is 0.544 bits per heavy atom. The summed E-state index contributed by atoms with van der Waals surface area (Å²) >= 11 is 5.37. The zero-order valence-electron chi connectivity index (χ0n) is 61.3. The van der Waals surface area contributed by atoms with E-state index in [2.05, 4.69) is 128 Å². The Morgan fingerprint density at radius 3 is 1.13 bits per heavy atom. The molecule has 0 spiro atoms. The van der Waals surface area contributed by atoms with Crippen LogP contribution in [0, 0.1) is 91.7 Å². The molecule has 0 aromatic carbocycles. The second kappa shape index (κ2) is 64.8. The van der Waals surface area contributed by atoms with E-state index in [1.54, 1.807) is 18.6 Å². The molecule has 0 atom stereocenters. The first-order valence-electron chi connectivity index (χ1n) is 28.5. The van der Waals surface area contributed by atoms with Crippen LogP contribution in [0.1, 0.15) is 214 Å². The van der Waals surface area contributed by atoms with Crippen LogP contribution in [0.4, 0.5) is 0 Å². The number of imidazole rings is 4. The van der Waals surface area contributed by atoms with Crippen molar-refractivity contribution in [2.45, 2.75) is 205 Å². The fraction of sp³-hybridized carbons (Fsp3) is 0.471. The zero-order valence-corrected chi connectivity index (χ0v) is 76.8. The Labute approximate surface area is 633 Å². The monoisotopic (exact) mass is 2110 g/mol. The van der Waals surface area contributed by atoms with Gasteiger partial charge in [0.25, 0.3) is 0 Å². The van der Waals surface area contributed by atoms with Crippen molar-refractivity contribution in [3.63, 3.8) is 0 Å². The van der Waals surface area contributed by atoms with Gasteiger partial charge in [-0.15, -0.1) is 0 Å². The van der Waals surface area contributed by atoms with Gasteiger partial charge in [-0.25, -0.2) is 0 Å². The number of rotatable bonds is 7. The molecule has 0 unspecified atom stereocenters. The number of hydrogen-bond acceptors (Lipinski definition) is 11. The van der Waals surface area contributed by atoms with Gasteiger partial charge in [-0.05, 0) is 145 Å². The first-order chi connectivity index (χ1) is 38.8. The van der Waals surface area contributed by atoms with E-state index in [-0.39, 0.29) is 141 Å². The van der Waals surface area contributed by atoms with Crippen molar-refractivity contribution >= 4 is 57.4 Å². The standard InChI is InChI=1S/C13H16N3.C12H14N3.C11H16BNO2.C8H13N2.C7H10IN2.C2H5Br.5C2H6.CO2.4CH3.4W.2H2/c1-9(2)13-15-12(10(3)16(13)4)11-7-5-6-8-14-11;1-8(2)12-14-9(3)11(15-12)10-6-4-5-7-13-10;1-10(2)11(3,4)15-12(14-10)9-7-5-6-8-13-9;1-5(2)8-9-6(3)7(4)10-8;1-4(2)7-9-5(3)6(8)10-7;1-2-3;5*1-2;2-1-3;;;;;;;;;;/h5-8H,1-4H3;4-7H,1-3H3,(H,14,15);5-8H,1-4H3;1-4H3,(H,9,10);1-3H3,(H,9,10);2H2,1H3;5*1-2H3;;4*1H3;;;;;2*1H/q2*-1;;2*-1;;;;;;;;4*-1;4*+2;;/i;;;;;;;;;;;;;;;;;;;;2*1+1. The largest absolute Gasteiger partial charge is 2.00 e. The molecule has 0 aliphatic carbocycles. The van der Waals surface area contributed by atoms with Crippen LogP contribution in [0.15, 0.2) is 73.2 Å². The average Bonchev–Trinajstić information content (AvgIpc) is 2.89. The molecule has 90 heavy (non-hydrogen) atoms. The van der Waals surface area contributed by atoms with Gasteiger partial charge in [0.15, 0.2) is 0 Å². The van der Waals surface area contributed by atoms with Gasteiger partial charge < -0.3 is 82.2 Å². The number of alkyl halides is 1. The summed E-state index contributed by atoms with van der Waals surface area (Å²) in [6, 6.07) is 17.5. The molecular formula is C68H120BBrIN11O4W4. The second-order valence-corrected chi connectivity index (χ2v) is 20.6. The molecule has 1 saturated heterocycles. The van der Waals surface area contributed by atoms with Gasteiger partial charge in [-0.1, -0.05) is 110 Å². The Hall–Kier alpha value is -2.90. The van der Waals surface area contributed by atoms with Crippen LogP contribution in [0.25, 0.3) is 22.8 Å². The molecule has 512 valence electrons. The summed E-state index contributed by atoms with van der Waals surface area (Å²) in [5.41, 5.74) is 9.61. The molecule has 22 heteroatoms. The summed E-state index contributed by atoms with van der Waals surface area (Å²) in [5, 5.41) is 1.06. The molecule has 1 fully saturated rings. The van der Waals surface area contributed by atoms with Crippen LogP contribution in [-0.2, 0) is 110 Å². The van der Waals surface area contributed by atoms with Crippen LogP contribution in [-0.4, -0.2) is 84.2 Å². The quantitative estimate of drug-likeness (QED) is 0.0595. The predicted octanol–water partition coefficient (Wildman–Crippen LogP) is 19.4. The number of nitrogens with one attached hydrogen (secondary N) is 3. The van der Waals surface area contributed by atoms with Crippen molar-refractivity contribution < 1.29 is 106 Å². The van der Waals surface area contributed by atoms with Gasteiger partial charge in [0.1, 0.15) is 15.1 Å². The summed E-state index contributed by atoms with van der Waals surface area (Å²) in [6.07, 6.45) is 5.58. The van der Waals surface area contributed by atoms with Crippen molar-refractivity contribution in [3.05, 3.63) is 182 Å². The SMILES string of the molecule is CC.CC.CC.CC.CC.CC1(C)OB(c2ccccn2)OC1(C)C.CCBr.Cc1[nH]c([C-](C)C)nc1-c1ccccn1.Cc1[nH]c([C-](C)C)nc1I.Cc1c(-c2ccccn2)nc([C-](C)C)n1C.Cc1nc([C-](C)C)[nH]c1C.O=C=O.[2HH].[2HH].[CH3-].[CH3-].[CH3-].[CH3-].[W+2].[W+2].[W+2].[W+2]. The van der Waals surface area contributed by atoms with Gasteiger partial charge in [0.05, 0.1) is 33.9 Å². The maximum atomic E-state index is 8.12. The Balaban J connectivity index is -0.0000000639. The number of halogens is 2. The van der Waals surface area contributed by atoms with Crippen LogP contribution in [0.3, 0.4) is 0 Å². The van der Waals surface area contributed by atoms with Crippen molar-refractivity contribution in [1.29, 1.82) is 0 Å². The number of pyridine rings is 3. The third kappa shape index (κ3) is 41.7. The Kier molecular flexibility index (Phi) is 82.4. The number of aromatic amines is 3. The summed E-state index contributed by atoms with van der Waals surface area (Å²) in [6.45, 7) is 56.8. The molecule has 7 aromatic rings. The van der Waals surface area contributed by atoms with Gasteiger partial charge in [-0.2, -0.15) is 65.0 Å². The van der Waals surface area contributed by atoms with Crippen LogP contribution < -0.4 is 5.59 Å². The van der Waals surface area contributed by atoms with E-state index in [0.717, 1.165) is 89.2 Å². The predicted molar refractivity (Wildman–Crippen MR) is 388 cm³/mol. The molecule has 0 saturated carbocycles. The number of aryl methyl sites for hydroxylation is 4. The van der Waals surface area contributed by atoms with Gasteiger partial charge >= 0.3 is 97.5 Å². The molecule has 3 N–H and O–H groups in total. The van der Waals surface area contributed by atoms with Gasteiger partial charge in [0, 0.05) is 56.6 Å². The maximum absolute atomic E-state index is 8.12. The first kappa shape index (κ1) is 114. The number of H-pyrrole nitrogens is 3. The van der Waals surface area contributed by atoms with Gasteiger partial charge in [-0.3, -0.25) is 34.9 Å². The van der Waals surface area contributed by atoms with E-state index < -0.39 is 0 Å². The van der Waals surface area contributed by atoms with Gasteiger partial charge in [0.2, 0.25) is 0 Å². The van der Waals surface area contributed by atoms with E-state index in [1.165, 1.54) is 23.7 Å². The maximum Gasteiger partial charge on any atom is 2.00 e. The van der Waals surface area contributed by atoms with Crippen LogP contribution in [0.2, 0.25) is 0 Å². The van der Waals surface area contributed by atoms with Crippen molar-refractivity contribution in [3.8, 4) is 22.8 Å². The number of aromatic nitrogens is 11. The molecular weight excluding hydrogens is 1990 g/mol. The normalized spacial score (nSPS) is 10.3. The molecule has 8 heterocycles. The first-order valence-corrected chi connectivity index (χ1v) is 30.7. The summed E-state index contributed by atoms with van der Waals surface area (Å²) in [7, 11) is 1.69. The molecule has 1 aliphatic heterocycles. The molecule has 0 bridgehead atoms. The molecule has 1 aliphatic rings. The summed E-state index contributed by atoms with van der Waals surface area (Å²) in [5.74, 6) is 8.83. The fourth-order valence-corrected chi connectivity index (χ4v) is 6.54. The number of nitrogens with zero attached hydrogens (tertiary/aromatic N) is 8. The topological polar surface area (TPSA) is 195 Å². The minimum atomic E-state index is -0.351. The minimum absolute atomic E-state index is 0. The van der Waals surface area contributed by atoms with E-state index in [1.807, 2.05) is 221 Å². The Morgan fingerprint density at radius 2 is 0.878 bits per heavy atom. The molecule has 15 nitrogen and oxygen atoms in total. The molecule has 8 rings (SSSR count). The second-order valence-electron chi connectivity index (χ2n) is 18.4. The Bertz CT molecular complexity index is 2610. The smallest absolute Gasteiger partial charge is 0.398 e. The van der Waals surface area contributed by atoms with Crippen LogP contribution in [0.5, 0.6) is 0 Å². The molecule has 7 aromatic heterocycles. The minimum Gasteiger partial charge on any atom is -0.398 e. The summed E-state index contributed by atoms with van der Waals surface area (Å²) in [4.78, 5) is 56.5. The fourth-order valence-electron chi connectivity index (χ4n) is 6.16. The van der Waals surface area contributed by atoms with E-state index in [9.17, 15) is 0 Å². The van der Waals surface area contributed by atoms with E-state index >= 15 is 0 Å². The molecule has 0 radical (unpaired) electrons. The van der Waals surface area contributed by atoms with Crippen molar-refractivity contribution in [1.82, 2.24) is 54.4 Å². The number of hydrogen-bond donors (Lipinski definition) is 3. The van der Waals surface area contributed by atoms with E-state index in [4.69, 9.17) is 18.9 Å². The third-order valence-electron chi connectivity index (χ3n) is 11.1. The average molecular weight is 2110 g/mol. The zero-order chi connectivity index (χ0) is 64.5.